The van der Waals surface area contributed by atoms with Gasteiger partial charge in [-0.25, -0.2) is 0 Å². The zero-order chi connectivity index (χ0) is 6.69. The second kappa shape index (κ2) is 2.82. The first-order chi connectivity index (χ1) is 4.34. The molecule has 0 N–H and O–H groups in total. The summed E-state index contributed by atoms with van der Waals surface area (Å²) in [6.45, 7) is 0. The Hall–Kier alpha value is -0.570. The van der Waals surface area contributed by atoms with Gasteiger partial charge in [-0.15, -0.1) is 0 Å². The van der Waals surface area contributed by atoms with Crippen molar-refractivity contribution in [3.63, 3.8) is 0 Å². The van der Waals surface area contributed by atoms with Crippen LogP contribution in [0.3, 0.4) is 0 Å². The molecule has 0 unspecified atom stereocenters. The minimum atomic E-state index is 0.0451. The fourth-order valence-electron chi connectivity index (χ4n) is 0.500. The zero-order valence-corrected chi connectivity index (χ0v) is 6.22. The van der Waals surface area contributed by atoms with Crippen LogP contribution in [-0.4, -0.2) is 11.1 Å². The lowest BCUT2D eigenvalue weighted by atomic mass is 10.2. The van der Waals surface area contributed by atoms with E-state index in [2.05, 4.69) is 15.9 Å². The number of hydrogen-bond donors (Lipinski definition) is 0. The van der Waals surface area contributed by atoms with E-state index in [1.54, 1.807) is 6.07 Å². The van der Waals surface area contributed by atoms with Crippen molar-refractivity contribution in [2.24, 2.45) is 0 Å². The van der Waals surface area contributed by atoms with Crippen molar-refractivity contribution < 1.29 is 9.21 Å². The van der Waals surface area contributed by atoms with Crippen molar-refractivity contribution >= 4 is 21.7 Å². The Kier molecular flexibility index (Phi) is 2.05. The summed E-state index contributed by atoms with van der Waals surface area (Å²) in [5.74, 6) is 0.0451. The number of alkyl halides is 1. The van der Waals surface area contributed by atoms with Gasteiger partial charge in [-0.1, -0.05) is 15.9 Å². The molecule has 0 radical (unpaired) electrons. The molecule has 0 fully saturated rings. The maximum atomic E-state index is 10.8. The summed E-state index contributed by atoms with van der Waals surface area (Å²) in [4.78, 5) is 10.8. The third-order valence-corrected chi connectivity index (χ3v) is 1.47. The van der Waals surface area contributed by atoms with Crippen LogP contribution in [0.1, 0.15) is 10.4 Å². The average molecular weight is 189 g/mol. The van der Waals surface area contributed by atoms with Crippen LogP contribution in [0.25, 0.3) is 0 Å². The molecule has 1 aromatic heterocycles. The highest BCUT2D eigenvalue weighted by atomic mass is 79.9. The Bertz CT molecular complexity index is 191. The standard InChI is InChI=1S/C6H5BrO2/c7-3-6(8)5-1-2-9-4-5/h1-2,4H,3H2. The predicted octanol–water partition coefficient (Wildman–Crippen LogP) is 1.86. The molecule has 0 aromatic carbocycles. The van der Waals surface area contributed by atoms with E-state index < -0.39 is 0 Å². The minimum Gasteiger partial charge on any atom is -0.472 e. The smallest absolute Gasteiger partial charge is 0.176 e. The molecule has 0 spiro atoms. The van der Waals surface area contributed by atoms with E-state index in [4.69, 9.17) is 4.42 Å². The highest BCUT2D eigenvalue weighted by Gasteiger charge is 2.02. The summed E-state index contributed by atoms with van der Waals surface area (Å²) in [5, 5.41) is 0.354. The second-order valence-corrected chi connectivity index (χ2v) is 2.13. The molecule has 1 aromatic rings. The van der Waals surface area contributed by atoms with Crippen molar-refractivity contribution in [3.05, 3.63) is 24.2 Å². The predicted molar refractivity (Wildman–Crippen MR) is 36.8 cm³/mol. The Balaban J connectivity index is 2.77. The van der Waals surface area contributed by atoms with E-state index in [0.29, 0.717) is 10.9 Å². The Morgan fingerprint density at radius 1 is 1.78 bits per heavy atom. The Morgan fingerprint density at radius 2 is 2.56 bits per heavy atom. The second-order valence-electron chi connectivity index (χ2n) is 1.57. The van der Waals surface area contributed by atoms with Crippen LogP contribution in [0.4, 0.5) is 0 Å². The Morgan fingerprint density at radius 3 is 3.00 bits per heavy atom. The van der Waals surface area contributed by atoms with Gasteiger partial charge in [-0.2, -0.15) is 0 Å². The zero-order valence-electron chi connectivity index (χ0n) is 4.63. The topological polar surface area (TPSA) is 30.2 Å². The molecule has 1 rings (SSSR count). The van der Waals surface area contributed by atoms with Gasteiger partial charge in [-0.3, -0.25) is 4.79 Å². The summed E-state index contributed by atoms with van der Waals surface area (Å²) < 4.78 is 4.70. The molecule has 0 aliphatic heterocycles. The van der Waals surface area contributed by atoms with Crippen molar-refractivity contribution in [3.8, 4) is 0 Å². The first-order valence-electron chi connectivity index (χ1n) is 2.46. The lowest BCUT2D eigenvalue weighted by Gasteiger charge is -1.84. The van der Waals surface area contributed by atoms with Gasteiger partial charge >= 0.3 is 0 Å². The maximum absolute atomic E-state index is 10.8. The van der Waals surface area contributed by atoms with E-state index in [9.17, 15) is 4.79 Å². The SMILES string of the molecule is O=C(CBr)c1ccoc1. The van der Waals surface area contributed by atoms with E-state index >= 15 is 0 Å². The fourth-order valence-corrected chi connectivity index (χ4v) is 0.824. The van der Waals surface area contributed by atoms with Crippen LogP contribution in [-0.2, 0) is 0 Å². The molecule has 3 heteroatoms. The largest absolute Gasteiger partial charge is 0.472 e. The van der Waals surface area contributed by atoms with Crippen LogP contribution in [0.15, 0.2) is 23.0 Å². The number of Topliss-reactive ketones (excluding diaryl/α,β-unsaturated/α-hetero) is 1. The number of hydrogen-bond acceptors (Lipinski definition) is 2. The van der Waals surface area contributed by atoms with Gasteiger partial charge < -0.3 is 4.42 Å². The third-order valence-electron chi connectivity index (χ3n) is 0.965. The van der Waals surface area contributed by atoms with Crippen molar-refractivity contribution in [2.75, 3.05) is 5.33 Å². The molecule has 9 heavy (non-hydrogen) atoms. The molecule has 0 atom stereocenters. The molecular weight excluding hydrogens is 184 g/mol. The molecule has 0 bridgehead atoms. The summed E-state index contributed by atoms with van der Waals surface area (Å²) in [7, 11) is 0. The quantitative estimate of drug-likeness (QED) is 0.524. The summed E-state index contributed by atoms with van der Waals surface area (Å²) >= 11 is 3.04. The molecule has 0 amide bonds. The lowest BCUT2D eigenvalue weighted by Crippen LogP contribution is -1.96. The summed E-state index contributed by atoms with van der Waals surface area (Å²) in [5.41, 5.74) is 0.617. The maximum Gasteiger partial charge on any atom is 0.176 e. The van der Waals surface area contributed by atoms with Crippen LogP contribution in [0.5, 0.6) is 0 Å². The molecule has 0 aliphatic carbocycles. The molecule has 48 valence electrons. The van der Waals surface area contributed by atoms with Gasteiger partial charge in [0.25, 0.3) is 0 Å². The number of halogens is 1. The number of carbonyl (C=O) groups is 1. The van der Waals surface area contributed by atoms with E-state index in [1.807, 2.05) is 0 Å². The van der Waals surface area contributed by atoms with Crippen molar-refractivity contribution in [1.82, 2.24) is 0 Å². The van der Waals surface area contributed by atoms with Gasteiger partial charge in [0.05, 0.1) is 17.2 Å². The molecule has 0 aliphatic rings. The summed E-state index contributed by atoms with van der Waals surface area (Å²) in [6, 6.07) is 1.64. The highest BCUT2D eigenvalue weighted by molar-refractivity contribution is 9.09. The van der Waals surface area contributed by atoms with E-state index in [1.165, 1.54) is 12.5 Å². The molecular formula is C6H5BrO2. The molecule has 2 nitrogen and oxygen atoms in total. The van der Waals surface area contributed by atoms with Crippen LogP contribution in [0.2, 0.25) is 0 Å². The van der Waals surface area contributed by atoms with E-state index in [-0.39, 0.29) is 5.78 Å². The lowest BCUT2D eigenvalue weighted by molar-refractivity contribution is 0.102. The number of rotatable bonds is 2. The number of ketones is 1. The number of carbonyl (C=O) groups excluding carboxylic acids is 1. The van der Waals surface area contributed by atoms with Crippen LogP contribution in [0, 0.1) is 0 Å². The normalized spacial score (nSPS) is 9.44. The van der Waals surface area contributed by atoms with Gasteiger partial charge in [0, 0.05) is 0 Å². The number of furan rings is 1. The summed E-state index contributed by atoms with van der Waals surface area (Å²) in [6.07, 6.45) is 2.92. The van der Waals surface area contributed by atoms with Crippen LogP contribution >= 0.6 is 15.9 Å². The highest BCUT2D eigenvalue weighted by Crippen LogP contribution is 2.02. The molecule has 0 saturated heterocycles. The van der Waals surface area contributed by atoms with Crippen molar-refractivity contribution in [2.45, 2.75) is 0 Å². The monoisotopic (exact) mass is 188 g/mol. The van der Waals surface area contributed by atoms with Gasteiger partial charge in [0.15, 0.2) is 5.78 Å². The van der Waals surface area contributed by atoms with Gasteiger partial charge in [0.2, 0.25) is 0 Å². The average Bonchev–Trinajstić information content (AvgIpc) is 2.37. The molecule has 1 heterocycles. The molecule has 0 saturated carbocycles. The van der Waals surface area contributed by atoms with Crippen LogP contribution < -0.4 is 0 Å². The fraction of sp³-hybridized carbons (Fsp3) is 0.167. The van der Waals surface area contributed by atoms with Crippen molar-refractivity contribution in [1.29, 1.82) is 0 Å². The van der Waals surface area contributed by atoms with Gasteiger partial charge in [-0.05, 0) is 6.07 Å². The van der Waals surface area contributed by atoms with Gasteiger partial charge in [0.1, 0.15) is 6.26 Å². The first kappa shape index (κ1) is 6.55. The minimum absolute atomic E-state index is 0.0451. The Labute approximate surface area is 61.0 Å². The van der Waals surface area contributed by atoms with E-state index in [0.717, 1.165) is 0 Å². The third kappa shape index (κ3) is 1.42. The first-order valence-corrected chi connectivity index (χ1v) is 3.58.